The standard InChI is InChI=1S/C22H19N3O5S/c1-12-9-13-10-14(4-5-16(13)25(12)22(28)29)30-17-6-7-23-15-11-18(31-20(15)17)21(27)24-8-2-3-19(24)26/h4-7,9-11,19,26H,2-3,8H2,1H3,(H,28,29). The number of hydrogen-bond donors (Lipinski definition) is 2. The number of aryl methyl sites for hydroxylation is 1. The lowest BCUT2D eigenvalue weighted by Gasteiger charge is -2.18. The smallest absolute Gasteiger partial charge is 0.416 e. The Morgan fingerprint density at radius 1 is 1.23 bits per heavy atom. The predicted molar refractivity (Wildman–Crippen MR) is 116 cm³/mol. The molecule has 1 aromatic carbocycles. The van der Waals surface area contributed by atoms with Crippen LogP contribution >= 0.6 is 11.3 Å². The number of hydrogen-bond acceptors (Lipinski definition) is 6. The maximum Gasteiger partial charge on any atom is 0.416 e. The number of carbonyl (C=O) groups excluding carboxylic acids is 1. The largest absolute Gasteiger partial charge is 0.464 e. The average Bonchev–Trinajstić information content (AvgIpc) is 3.43. The molecule has 1 atom stereocenters. The van der Waals surface area contributed by atoms with Crippen molar-refractivity contribution in [3.05, 3.63) is 53.2 Å². The first-order chi connectivity index (χ1) is 14.9. The van der Waals surface area contributed by atoms with Crippen LogP contribution in [0.2, 0.25) is 0 Å². The van der Waals surface area contributed by atoms with Gasteiger partial charge in [0.1, 0.15) is 17.7 Å². The van der Waals surface area contributed by atoms with Gasteiger partial charge in [-0.3, -0.25) is 14.3 Å². The molecule has 1 aliphatic heterocycles. The average molecular weight is 437 g/mol. The van der Waals surface area contributed by atoms with Gasteiger partial charge >= 0.3 is 6.09 Å². The van der Waals surface area contributed by atoms with Crippen molar-refractivity contribution in [2.24, 2.45) is 0 Å². The molecule has 0 saturated carbocycles. The second-order valence-corrected chi connectivity index (χ2v) is 8.53. The lowest BCUT2D eigenvalue weighted by Crippen LogP contribution is -2.34. The normalized spacial score (nSPS) is 16.3. The van der Waals surface area contributed by atoms with Gasteiger partial charge < -0.3 is 19.8 Å². The fourth-order valence-corrected chi connectivity index (χ4v) is 5.03. The maximum atomic E-state index is 12.8. The maximum absolute atomic E-state index is 12.8. The number of carbonyl (C=O) groups is 2. The van der Waals surface area contributed by atoms with E-state index in [1.54, 1.807) is 49.5 Å². The first-order valence-corrected chi connectivity index (χ1v) is 10.6. The van der Waals surface area contributed by atoms with Gasteiger partial charge in [0.2, 0.25) is 0 Å². The van der Waals surface area contributed by atoms with Crippen molar-refractivity contribution in [2.75, 3.05) is 6.54 Å². The van der Waals surface area contributed by atoms with Gasteiger partial charge in [0, 0.05) is 29.9 Å². The second-order valence-electron chi connectivity index (χ2n) is 7.48. The molecule has 1 saturated heterocycles. The Bertz CT molecular complexity index is 1340. The number of amides is 1. The summed E-state index contributed by atoms with van der Waals surface area (Å²) in [7, 11) is 0. The summed E-state index contributed by atoms with van der Waals surface area (Å²) in [4.78, 5) is 30.6. The molecule has 1 aliphatic rings. The molecular formula is C22H19N3O5S. The molecule has 1 amide bonds. The molecule has 9 heteroatoms. The van der Waals surface area contributed by atoms with Gasteiger partial charge in [-0.05, 0) is 50.1 Å². The number of pyridine rings is 1. The molecule has 0 bridgehead atoms. The topological polar surface area (TPSA) is 105 Å². The molecule has 0 radical (unpaired) electrons. The number of fused-ring (bicyclic) bond motifs is 2. The first-order valence-electron chi connectivity index (χ1n) is 9.83. The van der Waals surface area contributed by atoms with Crippen LogP contribution in [-0.4, -0.2) is 49.4 Å². The molecule has 158 valence electrons. The zero-order valence-electron chi connectivity index (χ0n) is 16.6. The van der Waals surface area contributed by atoms with Gasteiger partial charge in [0.25, 0.3) is 5.91 Å². The minimum absolute atomic E-state index is 0.203. The third kappa shape index (κ3) is 3.31. The lowest BCUT2D eigenvalue weighted by molar-refractivity contribution is 0.0297. The van der Waals surface area contributed by atoms with Crippen molar-refractivity contribution in [1.29, 1.82) is 0 Å². The molecule has 4 aromatic rings. The Morgan fingerprint density at radius 3 is 2.81 bits per heavy atom. The van der Waals surface area contributed by atoms with Gasteiger partial charge in [-0.2, -0.15) is 0 Å². The summed E-state index contributed by atoms with van der Waals surface area (Å²) in [6, 6.07) is 10.5. The zero-order valence-corrected chi connectivity index (χ0v) is 17.4. The number of carboxylic acid groups (broad SMARTS) is 1. The van der Waals surface area contributed by atoms with Crippen LogP contribution in [0, 0.1) is 6.92 Å². The van der Waals surface area contributed by atoms with E-state index >= 15 is 0 Å². The Morgan fingerprint density at radius 2 is 2.06 bits per heavy atom. The molecular weight excluding hydrogens is 418 g/mol. The third-order valence-electron chi connectivity index (χ3n) is 5.44. The van der Waals surface area contributed by atoms with Crippen LogP contribution < -0.4 is 4.74 Å². The lowest BCUT2D eigenvalue weighted by atomic mass is 10.2. The number of aromatic nitrogens is 2. The molecule has 0 aliphatic carbocycles. The summed E-state index contributed by atoms with van der Waals surface area (Å²) in [6.45, 7) is 2.28. The van der Waals surface area contributed by atoms with E-state index in [1.807, 2.05) is 0 Å². The minimum atomic E-state index is -1.03. The highest BCUT2D eigenvalue weighted by Crippen LogP contribution is 2.37. The van der Waals surface area contributed by atoms with Gasteiger partial charge in [-0.25, -0.2) is 4.79 Å². The van der Waals surface area contributed by atoms with Gasteiger partial charge in [0.05, 0.1) is 20.6 Å². The van der Waals surface area contributed by atoms with E-state index in [1.165, 1.54) is 20.8 Å². The second kappa shape index (κ2) is 7.36. The SMILES string of the molecule is Cc1cc2cc(Oc3ccnc4cc(C(=O)N5CCCC5O)sc34)ccc2n1C(=O)O. The van der Waals surface area contributed by atoms with Crippen molar-refractivity contribution in [2.45, 2.75) is 26.0 Å². The van der Waals surface area contributed by atoms with E-state index in [-0.39, 0.29) is 5.91 Å². The first kappa shape index (κ1) is 19.5. The summed E-state index contributed by atoms with van der Waals surface area (Å²) in [5.41, 5.74) is 1.86. The highest BCUT2D eigenvalue weighted by atomic mass is 32.1. The van der Waals surface area contributed by atoms with E-state index in [9.17, 15) is 19.8 Å². The number of ether oxygens (including phenoxy) is 1. The number of thiophene rings is 1. The van der Waals surface area contributed by atoms with Crippen molar-refractivity contribution in [3.8, 4) is 11.5 Å². The van der Waals surface area contributed by atoms with Crippen LogP contribution in [-0.2, 0) is 0 Å². The molecule has 0 spiro atoms. The highest BCUT2D eigenvalue weighted by Gasteiger charge is 2.29. The van der Waals surface area contributed by atoms with E-state index < -0.39 is 12.3 Å². The number of rotatable bonds is 3. The zero-order chi connectivity index (χ0) is 21.7. The van der Waals surface area contributed by atoms with Gasteiger partial charge in [-0.1, -0.05) is 0 Å². The van der Waals surface area contributed by atoms with Crippen LogP contribution in [0.3, 0.4) is 0 Å². The monoisotopic (exact) mass is 437 g/mol. The summed E-state index contributed by atoms with van der Waals surface area (Å²) < 4.78 is 8.05. The summed E-state index contributed by atoms with van der Waals surface area (Å²) in [5.74, 6) is 0.911. The van der Waals surface area contributed by atoms with Gasteiger partial charge in [0.15, 0.2) is 0 Å². The molecule has 4 heterocycles. The van der Waals surface area contributed by atoms with Crippen molar-refractivity contribution in [1.82, 2.24) is 14.5 Å². The third-order valence-corrected chi connectivity index (χ3v) is 6.57. The van der Waals surface area contributed by atoms with E-state index in [0.717, 1.165) is 16.5 Å². The fraction of sp³-hybridized carbons (Fsp3) is 0.227. The minimum Gasteiger partial charge on any atom is -0.464 e. The number of nitrogens with zero attached hydrogens (tertiary/aromatic N) is 3. The summed E-state index contributed by atoms with van der Waals surface area (Å²) in [5, 5.41) is 20.2. The van der Waals surface area contributed by atoms with E-state index in [0.29, 0.717) is 46.1 Å². The molecule has 1 fully saturated rings. The van der Waals surface area contributed by atoms with Crippen molar-refractivity contribution >= 4 is 44.5 Å². The molecule has 2 N–H and O–H groups in total. The van der Waals surface area contributed by atoms with Crippen LogP contribution in [0.25, 0.3) is 21.1 Å². The Hall–Kier alpha value is -3.43. The Balaban J connectivity index is 1.49. The van der Waals surface area contributed by atoms with E-state index in [2.05, 4.69) is 4.98 Å². The van der Waals surface area contributed by atoms with Gasteiger partial charge in [-0.15, -0.1) is 11.3 Å². The van der Waals surface area contributed by atoms with E-state index in [4.69, 9.17) is 4.74 Å². The quantitative estimate of drug-likeness (QED) is 0.491. The highest BCUT2D eigenvalue weighted by molar-refractivity contribution is 7.21. The van der Waals surface area contributed by atoms with Crippen LogP contribution in [0.5, 0.6) is 11.5 Å². The number of aliphatic hydroxyl groups is 1. The Kier molecular flexibility index (Phi) is 4.64. The predicted octanol–water partition coefficient (Wildman–Crippen LogP) is 4.43. The van der Waals surface area contributed by atoms with Crippen molar-refractivity contribution in [3.63, 3.8) is 0 Å². The number of likely N-dealkylation sites (tertiary alicyclic amines) is 1. The molecule has 3 aromatic heterocycles. The number of aliphatic hydroxyl groups excluding tert-OH is 1. The summed E-state index contributed by atoms with van der Waals surface area (Å²) >= 11 is 1.28. The number of benzene rings is 1. The Labute approximate surface area is 180 Å². The molecule has 1 unspecified atom stereocenters. The van der Waals surface area contributed by atoms with Crippen LogP contribution in [0.4, 0.5) is 4.79 Å². The van der Waals surface area contributed by atoms with Crippen LogP contribution in [0.1, 0.15) is 28.2 Å². The molecule has 5 rings (SSSR count). The molecule has 31 heavy (non-hydrogen) atoms. The van der Waals surface area contributed by atoms with Crippen LogP contribution in [0.15, 0.2) is 42.6 Å². The fourth-order valence-electron chi connectivity index (χ4n) is 4.00. The van der Waals surface area contributed by atoms with Crippen molar-refractivity contribution < 1.29 is 24.5 Å². The summed E-state index contributed by atoms with van der Waals surface area (Å²) in [6.07, 6.45) is 1.23. The molecule has 8 nitrogen and oxygen atoms in total.